The fourth-order valence-electron chi connectivity index (χ4n) is 6.87. The van der Waals surface area contributed by atoms with Gasteiger partial charge in [0.15, 0.2) is 0 Å². The zero-order valence-electron chi connectivity index (χ0n) is 36.6. The van der Waals surface area contributed by atoms with Gasteiger partial charge in [-0.2, -0.15) is 0 Å². The minimum Gasteiger partial charge on any atom is -0.387 e. The molecule has 3 unspecified atom stereocenters. The molecule has 56 heavy (non-hydrogen) atoms. The van der Waals surface area contributed by atoms with Gasteiger partial charge in [-0.05, 0) is 44.9 Å². The molecule has 0 heterocycles. The number of nitrogens with one attached hydrogen (secondary N) is 1. The molecule has 3 atom stereocenters. The van der Waals surface area contributed by atoms with Gasteiger partial charge in [0, 0.05) is 13.0 Å². The van der Waals surface area contributed by atoms with Crippen molar-refractivity contribution in [3.8, 4) is 0 Å². The van der Waals surface area contributed by atoms with E-state index < -0.39 is 20.0 Å². The zero-order chi connectivity index (χ0) is 41.1. The second-order valence-electron chi connectivity index (χ2n) is 16.0. The van der Waals surface area contributed by atoms with E-state index in [9.17, 15) is 19.4 Å². The number of carbonyl (C=O) groups is 1. The van der Waals surface area contributed by atoms with Crippen molar-refractivity contribution in [2.24, 2.45) is 5.73 Å². The number of hydrogen-bond donors (Lipinski definition) is 4. The Kier molecular flexibility index (Phi) is 42.3. The molecule has 1 amide bonds. The van der Waals surface area contributed by atoms with Gasteiger partial charge in [-0.25, -0.2) is 4.57 Å². The molecule has 0 saturated heterocycles. The predicted molar refractivity (Wildman–Crippen MR) is 240 cm³/mol. The highest BCUT2D eigenvalue weighted by Gasteiger charge is 2.26. The standard InChI is InChI=1S/C47H91N2O6P/c1-3-5-7-9-11-13-15-17-19-21-22-23-24-25-27-29-31-33-35-37-39-41-47(51)49-45(44-55-56(52,53)54-43-42-48)46(50)40-38-36-34-32-30-28-26-20-18-16-14-12-10-8-6-4-2/h18,20,30,32,38,40,45-46,50H,3-17,19,21-29,31,33-37,39,41-44,48H2,1-2H3,(H,49,51)(H,52,53)/b20-18+,32-30+,40-38+. The van der Waals surface area contributed by atoms with Crippen LogP contribution >= 0.6 is 7.82 Å². The van der Waals surface area contributed by atoms with E-state index in [-0.39, 0.29) is 25.7 Å². The molecule has 0 aliphatic heterocycles. The van der Waals surface area contributed by atoms with Crippen LogP contribution in [0.15, 0.2) is 36.5 Å². The lowest BCUT2D eigenvalue weighted by Crippen LogP contribution is -2.45. The van der Waals surface area contributed by atoms with Crippen molar-refractivity contribution in [1.82, 2.24) is 5.32 Å². The normalized spacial score (nSPS) is 14.3. The first-order valence-electron chi connectivity index (χ1n) is 23.6. The molecule has 0 spiro atoms. The average Bonchev–Trinajstić information content (AvgIpc) is 3.19. The minimum atomic E-state index is -4.35. The number of carbonyl (C=O) groups excluding carboxylic acids is 1. The number of phosphoric acid groups is 1. The van der Waals surface area contributed by atoms with E-state index in [1.807, 2.05) is 6.08 Å². The smallest absolute Gasteiger partial charge is 0.387 e. The van der Waals surface area contributed by atoms with Crippen LogP contribution in [-0.2, 0) is 18.4 Å². The molecule has 0 aromatic carbocycles. The highest BCUT2D eigenvalue weighted by atomic mass is 31.2. The van der Waals surface area contributed by atoms with Crippen molar-refractivity contribution >= 4 is 13.7 Å². The van der Waals surface area contributed by atoms with E-state index in [0.29, 0.717) is 6.42 Å². The first kappa shape index (κ1) is 54.7. The van der Waals surface area contributed by atoms with Gasteiger partial charge in [0.25, 0.3) is 0 Å². The van der Waals surface area contributed by atoms with Crippen LogP contribution in [0, 0.1) is 0 Å². The van der Waals surface area contributed by atoms with Crippen LogP contribution in [0.1, 0.15) is 226 Å². The number of allylic oxidation sites excluding steroid dienone is 5. The number of amides is 1. The average molecular weight is 811 g/mol. The summed E-state index contributed by atoms with van der Waals surface area (Å²) in [6.45, 7) is 4.12. The molecule has 0 aromatic rings. The van der Waals surface area contributed by atoms with E-state index in [2.05, 4.69) is 43.5 Å². The summed E-state index contributed by atoms with van der Waals surface area (Å²) in [6, 6.07) is -0.880. The molecule has 0 rings (SSSR count). The second kappa shape index (κ2) is 43.3. The summed E-state index contributed by atoms with van der Waals surface area (Å²) in [5, 5.41) is 13.7. The van der Waals surface area contributed by atoms with Crippen LogP contribution in [0.25, 0.3) is 0 Å². The van der Waals surface area contributed by atoms with Crippen LogP contribution in [0.4, 0.5) is 0 Å². The predicted octanol–water partition coefficient (Wildman–Crippen LogP) is 13.5. The van der Waals surface area contributed by atoms with Crippen LogP contribution in [0.2, 0.25) is 0 Å². The Bertz CT molecular complexity index is 974. The van der Waals surface area contributed by atoms with Crippen LogP contribution in [0.3, 0.4) is 0 Å². The quantitative estimate of drug-likeness (QED) is 0.0274. The number of nitrogens with two attached hydrogens (primary N) is 1. The van der Waals surface area contributed by atoms with Crippen LogP contribution < -0.4 is 11.1 Å². The van der Waals surface area contributed by atoms with Crippen molar-refractivity contribution in [3.63, 3.8) is 0 Å². The van der Waals surface area contributed by atoms with E-state index in [4.69, 9.17) is 14.8 Å². The molecular formula is C47H91N2O6P. The van der Waals surface area contributed by atoms with Crippen LogP contribution in [0.5, 0.6) is 0 Å². The SMILES string of the molecule is CCCCCCCC/C=C/CC/C=C/CC/C=C/C(O)C(COP(=O)(O)OCCN)NC(=O)CCCCCCCCCCCCCCCCCCCCCCC. The first-order valence-corrected chi connectivity index (χ1v) is 25.1. The molecule has 0 bridgehead atoms. The number of aliphatic hydroxyl groups is 1. The maximum absolute atomic E-state index is 12.8. The monoisotopic (exact) mass is 811 g/mol. The maximum Gasteiger partial charge on any atom is 0.472 e. The summed E-state index contributed by atoms with van der Waals surface area (Å²) in [5.74, 6) is -0.205. The third-order valence-electron chi connectivity index (χ3n) is 10.4. The van der Waals surface area contributed by atoms with E-state index in [0.717, 1.165) is 44.9 Å². The molecule has 330 valence electrons. The van der Waals surface area contributed by atoms with Gasteiger partial charge < -0.3 is 21.1 Å². The molecule has 0 aliphatic carbocycles. The molecule has 8 nitrogen and oxygen atoms in total. The summed E-state index contributed by atoms with van der Waals surface area (Å²) in [4.78, 5) is 22.7. The zero-order valence-corrected chi connectivity index (χ0v) is 37.5. The van der Waals surface area contributed by atoms with Crippen molar-refractivity contribution in [1.29, 1.82) is 0 Å². The van der Waals surface area contributed by atoms with Crippen molar-refractivity contribution in [2.45, 2.75) is 238 Å². The Hall–Kier alpha value is -1.28. The van der Waals surface area contributed by atoms with E-state index >= 15 is 0 Å². The van der Waals surface area contributed by atoms with Crippen LogP contribution in [-0.4, -0.2) is 47.8 Å². The number of rotatable bonds is 44. The Morgan fingerprint density at radius 2 is 0.946 bits per heavy atom. The van der Waals surface area contributed by atoms with Gasteiger partial charge in [-0.1, -0.05) is 211 Å². The van der Waals surface area contributed by atoms with E-state index in [1.165, 1.54) is 161 Å². The Morgan fingerprint density at radius 3 is 1.38 bits per heavy atom. The summed E-state index contributed by atoms with van der Waals surface area (Å²) in [5.41, 5.74) is 5.38. The lowest BCUT2D eigenvalue weighted by Gasteiger charge is -2.23. The van der Waals surface area contributed by atoms with Gasteiger partial charge in [0.1, 0.15) is 0 Å². The molecule has 0 saturated carbocycles. The molecule has 0 aromatic heterocycles. The molecular weight excluding hydrogens is 719 g/mol. The van der Waals surface area contributed by atoms with Gasteiger partial charge >= 0.3 is 7.82 Å². The van der Waals surface area contributed by atoms with E-state index in [1.54, 1.807) is 6.08 Å². The molecule has 5 N–H and O–H groups in total. The Labute approximate surface area is 346 Å². The highest BCUT2D eigenvalue weighted by molar-refractivity contribution is 7.47. The maximum atomic E-state index is 12.8. The van der Waals surface area contributed by atoms with Gasteiger partial charge in [0.05, 0.1) is 25.4 Å². The summed E-state index contributed by atoms with van der Waals surface area (Å²) in [7, 11) is -4.35. The number of unbranched alkanes of at least 4 members (excludes halogenated alkanes) is 28. The van der Waals surface area contributed by atoms with Gasteiger partial charge in [0.2, 0.25) is 5.91 Å². The number of hydrogen-bond acceptors (Lipinski definition) is 6. The Balaban J connectivity index is 4.17. The van der Waals surface area contributed by atoms with Gasteiger partial charge in [-0.15, -0.1) is 0 Å². The summed E-state index contributed by atoms with van der Waals surface area (Å²) in [6.07, 6.45) is 52.0. The molecule has 9 heteroatoms. The fourth-order valence-corrected chi connectivity index (χ4v) is 7.63. The molecule has 0 radical (unpaired) electrons. The van der Waals surface area contributed by atoms with Crippen molar-refractivity contribution in [2.75, 3.05) is 19.8 Å². The molecule has 0 fully saturated rings. The lowest BCUT2D eigenvalue weighted by atomic mass is 10.0. The van der Waals surface area contributed by atoms with Crippen molar-refractivity contribution in [3.05, 3.63) is 36.5 Å². The fraction of sp³-hybridized carbons (Fsp3) is 0.851. The second-order valence-corrected chi connectivity index (χ2v) is 17.4. The lowest BCUT2D eigenvalue weighted by molar-refractivity contribution is -0.123. The first-order chi connectivity index (χ1) is 27.4. The minimum absolute atomic E-state index is 0.0728. The third kappa shape index (κ3) is 40.9. The number of aliphatic hydroxyl groups excluding tert-OH is 1. The Morgan fingerprint density at radius 1 is 0.571 bits per heavy atom. The number of phosphoric ester groups is 1. The highest BCUT2D eigenvalue weighted by Crippen LogP contribution is 2.43. The third-order valence-corrected chi connectivity index (χ3v) is 11.4. The van der Waals surface area contributed by atoms with Crippen molar-refractivity contribution < 1.29 is 28.4 Å². The summed E-state index contributed by atoms with van der Waals surface area (Å²) >= 11 is 0. The topological polar surface area (TPSA) is 131 Å². The summed E-state index contributed by atoms with van der Waals surface area (Å²) < 4.78 is 22.1. The largest absolute Gasteiger partial charge is 0.472 e. The van der Waals surface area contributed by atoms with Gasteiger partial charge in [-0.3, -0.25) is 13.8 Å². The molecule has 0 aliphatic rings.